The van der Waals surface area contributed by atoms with E-state index in [4.69, 9.17) is 16.3 Å². The summed E-state index contributed by atoms with van der Waals surface area (Å²) in [6.07, 6.45) is -0.482. The Kier molecular flexibility index (Phi) is 8.21. The minimum Gasteiger partial charge on any atom is -0.444 e. The number of nitrogens with one attached hydrogen (secondary N) is 3. The molecule has 138 valence electrons. The molecule has 0 bridgehead atoms. The second-order valence-electron chi connectivity index (χ2n) is 6.32. The van der Waals surface area contributed by atoms with Gasteiger partial charge < -0.3 is 20.7 Å². The van der Waals surface area contributed by atoms with Gasteiger partial charge >= 0.3 is 6.09 Å². The van der Waals surface area contributed by atoms with Crippen LogP contribution in [0, 0.1) is 0 Å². The standard InChI is InChI=1S/C17H24ClN3O4/c1-17(2,3)25-16(24)21-11-15(23)20-9-8-19-14(22)10-12-6-4-5-7-13(12)18/h4-7H,8-11H2,1-3H3,(H,19,22)(H,20,23)(H,21,24). The van der Waals surface area contributed by atoms with Crippen LogP contribution in [0.1, 0.15) is 26.3 Å². The minimum atomic E-state index is -0.657. The van der Waals surface area contributed by atoms with E-state index in [2.05, 4.69) is 16.0 Å². The van der Waals surface area contributed by atoms with Crippen LogP contribution in [0.25, 0.3) is 0 Å². The molecule has 3 amide bonds. The fourth-order valence-electron chi connectivity index (χ4n) is 1.81. The molecule has 1 aromatic rings. The van der Waals surface area contributed by atoms with Crippen molar-refractivity contribution in [2.24, 2.45) is 0 Å². The molecule has 0 spiro atoms. The van der Waals surface area contributed by atoms with Crippen molar-refractivity contribution in [1.82, 2.24) is 16.0 Å². The van der Waals surface area contributed by atoms with Crippen molar-refractivity contribution in [2.75, 3.05) is 19.6 Å². The summed E-state index contributed by atoms with van der Waals surface area (Å²) in [5.74, 6) is -0.555. The van der Waals surface area contributed by atoms with Gasteiger partial charge in [-0.2, -0.15) is 0 Å². The van der Waals surface area contributed by atoms with E-state index >= 15 is 0 Å². The highest BCUT2D eigenvalue weighted by molar-refractivity contribution is 6.31. The van der Waals surface area contributed by atoms with Crippen LogP contribution < -0.4 is 16.0 Å². The smallest absolute Gasteiger partial charge is 0.408 e. The maximum Gasteiger partial charge on any atom is 0.408 e. The Morgan fingerprint density at radius 2 is 1.60 bits per heavy atom. The van der Waals surface area contributed by atoms with Gasteiger partial charge in [0.1, 0.15) is 5.60 Å². The highest BCUT2D eigenvalue weighted by Crippen LogP contribution is 2.15. The molecular formula is C17H24ClN3O4. The van der Waals surface area contributed by atoms with Gasteiger partial charge in [-0.1, -0.05) is 29.8 Å². The lowest BCUT2D eigenvalue weighted by Crippen LogP contribution is -2.42. The van der Waals surface area contributed by atoms with Gasteiger partial charge in [0, 0.05) is 18.1 Å². The first kappa shape index (κ1) is 20.8. The zero-order chi connectivity index (χ0) is 18.9. The maximum atomic E-state index is 11.8. The van der Waals surface area contributed by atoms with Gasteiger partial charge in [-0.05, 0) is 32.4 Å². The summed E-state index contributed by atoms with van der Waals surface area (Å²) in [5.41, 5.74) is 0.124. The molecule has 0 aliphatic carbocycles. The van der Waals surface area contributed by atoms with Crippen molar-refractivity contribution in [3.63, 3.8) is 0 Å². The van der Waals surface area contributed by atoms with Crippen LogP contribution in [0.5, 0.6) is 0 Å². The summed E-state index contributed by atoms with van der Waals surface area (Å²) < 4.78 is 5.01. The highest BCUT2D eigenvalue weighted by Gasteiger charge is 2.16. The largest absolute Gasteiger partial charge is 0.444 e. The number of benzene rings is 1. The van der Waals surface area contributed by atoms with Crippen LogP contribution in [0.3, 0.4) is 0 Å². The van der Waals surface area contributed by atoms with Crippen molar-refractivity contribution in [3.05, 3.63) is 34.9 Å². The van der Waals surface area contributed by atoms with Crippen molar-refractivity contribution in [1.29, 1.82) is 0 Å². The summed E-state index contributed by atoms with van der Waals surface area (Å²) in [5, 5.41) is 8.16. The normalized spacial score (nSPS) is 10.7. The Labute approximate surface area is 152 Å². The van der Waals surface area contributed by atoms with Crippen molar-refractivity contribution < 1.29 is 19.1 Å². The first-order chi connectivity index (χ1) is 11.7. The van der Waals surface area contributed by atoms with Gasteiger partial charge in [-0.3, -0.25) is 9.59 Å². The second-order valence-corrected chi connectivity index (χ2v) is 6.73. The number of alkyl carbamates (subject to hydrolysis) is 1. The Balaban J connectivity index is 2.16. The van der Waals surface area contributed by atoms with Gasteiger partial charge in [0.15, 0.2) is 0 Å². The molecule has 0 saturated heterocycles. The minimum absolute atomic E-state index is 0.174. The van der Waals surface area contributed by atoms with E-state index in [0.717, 1.165) is 5.56 Å². The molecule has 0 aromatic heterocycles. The van der Waals surface area contributed by atoms with Crippen LogP contribution in [-0.2, 0) is 20.7 Å². The van der Waals surface area contributed by atoms with Crippen molar-refractivity contribution in [2.45, 2.75) is 32.8 Å². The molecule has 0 heterocycles. The van der Waals surface area contributed by atoms with E-state index < -0.39 is 11.7 Å². The molecule has 0 radical (unpaired) electrons. The summed E-state index contributed by atoms with van der Waals surface area (Å²) in [6, 6.07) is 7.12. The fourth-order valence-corrected chi connectivity index (χ4v) is 2.01. The van der Waals surface area contributed by atoms with Crippen LogP contribution in [0.15, 0.2) is 24.3 Å². The lowest BCUT2D eigenvalue weighted by molar-refractivity contribution is -0.122. The Morgan fingerprint density at radius 3 is 2.20 bits per heavy atom. The number of halogens is 1. The number of carbonyl (C=O) groups is 3. The average molecular weight is 370 g/mol. The molecule has 1 rings (SSSR count). The molecule has 7 nitrogen and oxygen atoms in total. The predicted octanol–water partition coefficient (Wildman–Crippen LogP) is 1.64. The fraction of sp³-hybridized carbons (Fsp3) is 0.471. The van der Waals surface area contributed by atoms with Gasteiger partial charge in [-0.15, -0.1) is 0 Å². The van der Waals surface area contributed by atoms with Gasteiger partial charge in [0.25, 0.3) is 0 Å². The van der Waals surface area contributed by atoms with Crippen molar-refractivity contribution >= 4 is 29.5 Å². The number of hydrogen-bond acceptors (Lipinski definition) is 4. The van der Waals surface area contributed by atoms with Crippen LogP contribution in [0.4, 0.5) is 4.79 Å². The zero-order valence-electron chi connectivity index (χ0n) is 14.6. The SMILES string of the molecule is CC(C)(C)OC(=O)NCC(=O)NCCNC(=O)Cc1ccccc1Cl. The molecule has 0 aliphatic heterocycles. The summed E-state index contributed by atoms with van der Waals surface area (Å²) in [4.78, 5) is 34.8. The molecule has 0 unspecified atom stereocenters. The molecular weight excluding hydrogens is 346 g/mol. The summed E-state index contributed by atoms with van der Waals surface area (Å²) in [6.45, 7) is 5.54. The third-order valence-electron chi connectivity index (χ3n) is 2.87. The topological polar surface area (TPSA) is 96.5 Å². The third-order valence-corrected chi connectivity index (χ3v) is 3.24. The molecule has 3 N–H and O–H groups in total. The lowest BCUT2D eigenvalue weighted by Gasteiger charge is -2.19. The van der Waals surface area contributed by atoms with E-state index in [-0.39, 0.29) is 37.9 Å². The third kappa shape index (κ3) is 9.56. The highest BCUT2D eigenvalue weighted by atomic mass is 35.5. The number of carbonyl (C=O) groups excluding carboxylic acids is 3. The quantitative estimate of drug-likeness (QED) is 0.636. The molecule has 0 aliphatic rings. The van der Waals surface area contributed by atoms with E-state index in [1.807, 2.05) is 6.07 Å². The number of rotatable bonds is 7. The predicted molar refractivity (Wildman–Crippen MR) is 95.4 cm³/mol. The molecule has 25 heavy (non-hydrogen) atoms. The molecule has 0 fully saturated rings. The molecule has 0 atom stereocenters. The number of amides is 3. The first-order valence-electron chi connectivity index (χ1n) is 7.91. The van der Waals surface area contributed by atoms with Gasteiger partial charge in [0.2, 0.25) is 11.8 Å². The van der Waals surface area contributed by atoms with E-state index in [0.29, 0.717) is 5.02 Å². The molecule has 1 aromatic carbocycles. The zero-order valence-corrected chi connectivity index (χ0v) is 15.4. The summed E-state index contributed by atoms with van der Waals surface area (Å²) in [7, 11) is 0. The lowest BCUT2D eigenvalue weighted by atomic mass is 10.1. The van der Waals surface area contributed by atoms with Crippen LogP contribution in [-0.4, -0.2) is 43.1 Å². The number of hydrogen-bond donors (Lipinski definition) is 3. The van der Waals surface area contributed by atoms with E-state index in [1.165, 1.54) is 0 Å². The average Bonchev–Trinajstić information content (AvgIpc) is 2.50. The maximum absolute atomic E-state index is 11.8. The Hall–Kier alpha value is -2.28. The van der Waals surface area contributed by atoms with E-state index in [9.17, 15) is 14.4 Å². The number of ether oxygens (including phenoxy) is 1. The molecule has 0 saturated carbocycles. The Bertz CT molecular complexity index is 614. The van der Waals surface area contributed by atoms with Gasteiger partial charge in [0.05, 0.1) is 13.0 Å². The second kappa shape index (κ2) is 9.88. The van der Waals surface area contributed by atoms with Crippen molar-refractivity contribution in [3.8, 4) is 0 Å². The van der Waals surface area contributed by atoms with Crippen LogP contribution in [0.2, 0.25) is 5.02 Å². The first-order valence-corrected chi connectivity index (χ1v) is 8.29. The van der Waals surface area contributed by atoms with E-state index in [1.54, 1.807) is 39.0 Å². The molecule has 8 heteroatoms. The Morgan fingerprint density at radius 1 is 1.00 bits per heavy atom. The van der Waals surface area contributed by atoms with Crippen LogP contribution >= 0.6 is 11.6 Å². The summed E-state index contributed by atoms with van der Waals surface area (Å²) >= 11 is 5.99. The monoisotopic (exact) mass is 369 g/mol. The van der Waals surface area contributed by atoms with Gasteiger partial charge in [-0.25, -0.2) is 4.79 Å².